The number of allylic oxidation sites excluding steroid dienone is 2. The van der Waals surface area contributed by atoms with Crippen molar-refractivity contribution in [3.05, 3.63) is 57.5 Å². The molecule has 1 aliphatic heterocycles. The maximum absolute atomic E-state index is 11.6. The Morgan fingerprint density at radius 1 is 1.27 bits per heavy atom. The molecule has 2 heterocycles. The molecule has 0 radical (unpaired) electrons. The van der Waals surface area contributed by atoms with Crippen LogP contribution in [0.5, 0.6) is 5.75 Å². The van der Waals surface area contributed by atoms with E-state index in [-0.39, 0.29) is 11.2 Å². The van der Waals surface area contributed by atoms with Crippen LogP contribution < -0.4 is 10.4 Å². The second-order valence-electron chi connectivity index (χ2n) is 6.47. The van der Waals surface area contributed by atoms with Gasteiger partial charge in [-0.15, -0.1) is 0 Å². The molecule has 114 valence electrons. The average Bonchev–Trinajstić information content (AvgIpc) is 2.43. The predicted octanol–water partition coefficient (Wildman–Crippen LogP) is 4.49. The second-order valence-corrected chi connectivity index (χ2v) is 6.47. The topological polar surface area (TPSA) is 39.4 Å². The minimum Gasteiger partial charge on any atom is -0.483 e. The smallest absolute Gasteiger partial charge is 0.336 e. The van der Waals surface area contributed by atoms with Crippen LogP contribution in [0, 0.1) is 0 Å². The predicted molar refractivity (Wildman–Crippen MR) is 89.4 cm³/mol. The van der Waals surface area contributed by atoms with Crippen molar-refractivity contribution in [2.45, 2.75) is 39.7 Å². The van der Waals surface area contributed by atoms with Gasteiger partial charge >= 0.3 is 5.63 Å². The Bertz CT molecular complexity index is 847. The molecule has 0 unspecified atom stereocenters. The van der Waals surface area contributed by atoms with Crippen LogP contribution in [0.1, 0.15) is 38.8 Å². The first-order valence-electron chi connectivity index (χ1n) is 7.47. The first-order chi connectivity index (χ1) is 10.4. The molecule has 0 amide bonds. The maximum atomic E-state index is 11.6. The molecule has 0 bridgehead atoms. The number of hydrogen-bond acceptors (Lipinski definition) is 3. The summed E-state index contributed by atoms with van der Waals surface area (Å²) in [5.41, 5.74) is 3.10. The van der Waals surface area contributed by atoms with Crippen LogP contribution in [-0.2, 0) is 6.42 Å². The highest BCUT2D eigenvalue weighted by Crippen LogP contribution is 2.38. The van der Waals surface area contributed by atoms with E-state index in [0.717, 1.165) is 22.3 Å². The van der Waals surface area contributed by atoms with Crippen LogP contribution in [0.2, 0.25) is 0 Å². The minimum atomic E-state index is -0.366. The summed E-state index contributed by atoms with van der Waals surface area (Å²) in [4.78, 5) is 11.6. The Morgan fingerprint density at radius 3 is 2.77 bits per heavy atom. The molecule has 2 aromatic rings. The van der Waals surface area contributed by atoms with Gasteiger partial charge in [-0.3, -0.25) is 0 Å². The van der Waals surface area contributed by atoms with Crippen LogP contribution in [0.25, 0.3) is 17.0 Å². The Morgan fingerprint density at radius 2 is 2.05 bits per heavy atom. The van der Waals surface area contributed by atoms with Gasteiger partial charge < -0.3 is 9.15 Å². The lowest BCUT2D eigenvalue weighted by Gasteiger charge is -2.29. The standard InChI is InChI=1S/C19H20O3/c1-12(2)5-7-15-17-13(6-8-16(20)21-17)11-14-9-10-19(3,4)22-18(14)15/h5-6,8-11H,7H2,1-4H3. The van der Waals surface area contributed by atoms with E-state index >= 15 is 0 Å². The maximum Gasteiger partial charge on any atom is 0.336 e. The molecule has 1 aromatic carbocycles. The van der Waals surface area contributed by atoms with Crippen molar-refractivity contribution < 1.29 is 9.15 Å². The number of fused-ring (bicyclic) bond motifs is 2. The Labute approximate surface area is 129 Å². The van der Waals surface area contributed by atoms with Crippen LogP contribution >= 0.6 is 0 Å². The molecule has 22 heavy (non-hydrogen) atoms. The lowest BCUT2D eigenvalue weighted by molar-refractivity contribution is 0.157. The fourth-order valence-corrected chi connectivity index (χ4v) is 2.61. The lowest BCUT2D eigenvalue weighted by Crippen LogP contribution is -2.28. The number of ether oxygens (including phenoxy) is 1. The average molecular weight is 296 g/mol. The van der Waals surface area contributed by atoms with E-state index in [4.69, 9.17) is 9.15 Å². The molecule has 0 aliphatic carbocycles. The van der Waals surface area contributed by atoms with Crippen molar-refractivity contribution in [1.29, 1.82) is 0 Å². The van der Waals surface area contributed by atoms with Gasteiger partial charge in [-0.05, 0) is 52.3 Å². The van der Waals surface area contributed by atoms with Gasteiger partial charge in [0.25, 0.3) is 0 Å². The molecule has 0 fully saturated rings. The van der Waals surface area contributed by atoms with E-state index in [9.17, 15) is 4.79 Å². The molecule has 0 N–H and O–H groups in total. The zero-order valence-corrected chi connectivity index (χ0v) is 13.4. The van der Waals surface area contributed by atoms with Crippen LogP contribution in [0.4, 0.5) is 0 Å². The minimum absolute atomic E-state index is 0.337. The third-order valence-electron chi connectivity index (χ3n) is 3.73. The molecule has 0 atom stereocenters. The van der Waals surface area contributed by atoms with Gasteiger partial charge in [-0.25, -0.2) is 4.79 Å². The summed E-state index contributed by atoms with van der Waals surface area (Å²) < 4.78 is 11.6. The monoisotopic (exact) mass is 296 g/mol. The zero-order valence-electron chi connectivity index (χ0n) is 13.4. The van der Waals surface area contributed by atoms with Gasteiger partial charge in [0, 0.05) is 22.6 Å². The summed E-state index contributed by atoms with van der Waals surface area (Å²) in [5.74, 6) is 0.812. The van der Waals surface area contributed by atoms with E-state index < -0.39 is 0 Å². The highest BCUT2D eigenvalue weighted by molar-refractivity contribution is 5.87. The van der Waals surface area contributed by atoms with Gasteiger partial charge in [0.15, 0.2) is 0 Å². The molecule has 0 saturated heterocycles. The largest absolute Gasteiger partial charge is 0.483 e. The van der Waals surface area contributed by atoms with Crippen molar-refractivity contribution in [1.82, 2.24) is 0 Å². The summed E-state index contributed by atoms with van der Waals surface area (Å²) >= 11 is 0. The summed E-state index contributed by atoms with van der Waals surface area (Å²) in [5, 5.41) is 0.920. The fraction of sp³-hybridized carbons (Fsp3) is 0.316. The van der Waals surface area contributed by atoms with E-state index in [2.05, 4.69) is 26.0 Å². The highest BCUT2D eigenvalue weighted by Gasteiger charge is 2.25. The van der Waals surface area contributed by atoms with Crippen molar-refractivity contribution in [2.24, 2.45) is 0 Å². The summed E-state index contributed by atoms with van der Waals surface area (Å²) in [6.07, 6.45) is 6.93. The second kappa shape index (κ2) is 5.16. The SMILES string of the molecule is CC(C)=CCc1c2c(cc3ccc(=O)oc13)C=CC(C)(C)O2. The van der Waals surface area contributed by atoms with Gasteiger partial charge in [0.2, 0.25) is 0 Å². The van der Waals surface area contributed by atoms with Crippen LogP contribution in [0.3, 0.4) is 0 Å². The Hall–Kier alpha value is -2.29. The van der Waals surface area contributed by atoms with Gasteiger partial charge in [-0.2, -0.15) is 0 Å². The lowest BCUT2D eigenvalue weighted by atomic mass is 9.96. The van der Waals surface area contributed by atoms with Gasteiger partial charge in [-0.1, -0.05) is 17.7 Å². The molecular formula is C19H20O3. The molecular weight excluding hydrogens is 276 g/mol. The molecule has 1 aliphatic rings. The molecule has 3 heteroatoms. The highest BCUT2D eigenvalue weighted by atomic mass is 16.5. The Balaban J connectivity index is 2.31. The summed E-state index contributed by atoms with van der Waals surface area (Å²) in [7, 11) is 0. The molecule has 1 aromatic heterocycles. The van der Waals surface area contributed by atoms with E-state index in [1.54, 1.807) is 6.07 Å². The zero-order chi connectivity index (χ0) is 15.9. The number of benzene rings is 1. The first kappa shape index (κ1) is 14.6. The normalized spacial score (nSPS) is 15.3. The molecule has 3 rings (SSSR count). The van der Waals surface area contributed by atoms with Crippen LogP contribution in [-0.4, -0.2) is 5.60 Å². The molecule has 3 nitrogen and oxygen atoms in total. The van der Waals surface area contributed by atoms with E-state index in [1.807, 2.05) is 26.0 Å². The number of hydrogen-bond donors (Lipinski definition) is 0. The van der Waals surface area contributed by atoms with Gasteiger partial charge in [0.1, 0.15) is 16.9 Å². The molecule has 0 saturated carbocycles. The van der Waals surface area contributed by atoms with Gasteiger partial charge in [0.05, 0.1) is 0 Å². The van der Waals surface area contributed by atoms with Crippen molar-refractivity contribution >= 4 is 17.0 Å². The first-order valence-corrected chi connectivity index (χ1v) is 7.47. The van der Waals surface area contributed by atoms with Crippen molar-refractivity contribution in [3.8, 4) is 5.75 Å². The van der Waals surface area contributed by atoms with E-state index in [0.29, 0.717) is 12.0 Å². The van der Waals surface area contributed by atoms with Crippen molar-refractivity contribution in [2.75, 3.05) is 0 Å². The quantitative estimate of drug-likeness (QED) is 0.605. The van der Waals surface area contributed by atoms with Crippen molar-refractivity contribution in [3.63, 3.8) is 0 Å². The fourth-order valence-electron chi connectivity index (χ4n) is 2.61. The number of rotatable bonds is 2. The third kappa shape index (κ3) is 2.71. The summed E-state index contributed by atoms with van der Waals surface area (Å²) in [6, 6.07) is 5.27. The van der Waals surface area contributed by atoms with Crippen LogP contribution in [0.15, 0.2) is 45.1 Å². The van der Waals surface area contributed by atoms with E-state index in [1.165, 1.54) is 11.6 Å². The summed E-state index contributed by atoms with van der Waals surface area (Å²) in [6.45, 7) is 8.14. The third-order valence-corrected chi connectivity index (χ3v) is 3.73. The molecule has 0 spiro atoms. The Kier molecular flexibility index (Phi) is 3.44.